The van der Waals surface area contributed by atoms with Crippen molar-refractivity contribution >= 4 is 22.5 Å². The van der Waals surface area contributed by atoms with Gasteiger partial charge in [-0.1, -0.05) is 43.0 Å². The molecule has 7 heteroatoms. The standard InChI is InChI=1S/C28H24ClF2N3O/c29-21-10-12-22(13-11-21)34-27(23-14-24(30)25(31)15-26(23)33-34)28(20-4-2-1-3-5-20)35-17-19-8-6-18(16-32)7-9-19/h6-15,20,28H,1-5,17H2. The van der Waals surface area contributed by atoms with Gasteiger partial charge in [0, 0.05) is 16.5 Å². The summed E-state index contributed by atoms with van der Waals surface area (Å²) in [7, 11) is 0. The Morgan fingerprint density at radius 1 is 1.00 bits per heavy atom. The van der Waals surface area contributed by atoms with E-state index in [9.17, 15) is 8.78 Å². The summed E-state index contributed by atoms with van der Waals surface area (Å²) in [6.07, 6.45) is 4.95. The van der Waals surface area contributed by atoms with Crippen LogP contribution in [-0.2, 0) is 11.3 Å². The van der Waals surface area contributed by atoms with Crippen molar-refractivity contribution in [2.75, 3.05) is 0 Å². The lowest BCUT2D eigenvalue weighted by atomic mass is 9.83. The van der Waals surface area contributed by atoms with Gasteiger partial charge in [0.15, 0.2) is 11.6 Å². The Bertz CT molecular complexity index is 1370. The van der Waals surface area contributed by atoms with Crippen LogP contribution in [0.15, 0.2) is 60.7 Å². The van der Waals surface area contributed by atoms with Crippen molar-refractivity contribution in [3.05, 3.63) is 94.1 Å². The van der Waals surface area contributed by atoms with Crippen molar-refractivity contribution in [2.24, 2.45) is 5.92 Å². The molecule has 0 radical (unpaired) electrons. The van der Waals surface area contributed by atoms with E-state index in [4.69, 9.17) is 21.6 Å². The van der Waals surface area contributed by atoms with E-state index >= 15 is 0 Å². The number of rotatable bonds is 6. The summed E-state index contributed by atoms with van der Waals surface area (Å²) in [6.45, 7) is 0.323. The first-order valence-electron chi connectivity index (χ1n) is 11.8. The molecule has 0 N–H and O–H groups in total. The van der Waals surface area contributed by atoms with Crippen LogP contribution in [0.25, 0.3) is 16.6 Å². The van der Waals surface area contributed by atoms with Crippen molar-refractivity contribution in [1.29, 1.82) is 5.26 Å². The van der Waals surface area contributed by atoms with Crippen molar-refractivity contribution in [1.82, 2.24) is 9.78 Å². The predicted molar refractivity (Wildman–Crippen MR) is 131 cm³/mol. The molecule has 35 heavy (non-hydrogen) atoms. The summed E-state index contributed by atoms with van der Waals surface area (Å²) in [5, 5.41) is 14.9. The van der Waals surface area contributed by atoms with Gasteiger partial charge in [-0.05, 0) is 66.8 Å². The summed E-state index contributed by atoms with van der Waals surface area (Å²) in [5.41, 5.74) is 3.34. The highest BCUT2D eigenvalue weighted by Crippen LogP contribution is 2.41. The Kier molecular flexibility index (Phi) is 6.81. The highest BCUT2D eigenvalue weighted by molar-refractivity contribution is 6.30. The molecular weight excluding hydrogens is 468 g/mol. The van der Waals surface area contributed by atoms with Crippen molar-refractivity contribution < 1.29 is 13.5 Å². The Morgan fingerprint density at radius 3 is 2.37 bits per heavy atom. The molecule has 0 spiro atoms. The third-order valence-electron chi connectivity index (χ3n) is 6.68. The molecule has 3 aromatic carbocycles. The molecule has 1 saturated carbocycles. The summed E-state index contributed by atoms with van der Waals surface area (Å²) >= 11 is 6.11. The van der Waals surface area contributed by atoms with Crippen molar-refractivity contribution in [2.45, 2.75) is 44.8 Å². The summed E-state index contributed by atoms with van der Waals surface area (Å²) in [5.74, 6) is -1.64. The summed E-state index contributed by atoms with van der Waals surface area (Å²) < 4.78 is 36.9. The maximum Gasteiger partial charge on any atom is 0.161 e. The van der Waals surface area contributed by atoms with Gasteiger partial charge in [0.1, 0.15) is 6.10 Å². The predicted octanol–water partition coefficient (Wildman–Crippen LogP) is 7.67. The van der Waals surface area contributed by atoms with Gasteiger partial charge in [-0.25, -0.2) is 13.5 Å². The van der Waals surface area contributed by atoms with Crippen LogP contribution < -0.4 is 0 Å². The number of fused-ring (bicyclic) bond motifs is 1. The van der Waals surface area contributed by atoms with E-state index in [2.05, 4.69) is 11.2 Å². The fourth-order valence-electron chi connectivity index (χ4n) is 4.89. The number of nitriles is 1. The first-order valence-corrected chi connectivity index (χ1v) is 12.2. The number of ether oxygens (including phenoxy) is 1. The van der Waals surface area contributed by atoms with Gasteiger partial charge in [0.25, 0.3) is 0 Å². The molecule has 0 bridgehead atoms. The number of halogens is 3. The fourth-order valence-corrected chi connectivity index (χ4v) is 5.02. The molecule has 1 aliphatic carbocycles. The van der Waals surface area contributed by atoms with Gasteiger partial charge in [0.2, 0.25) is 0 Å². The van der Waals surface area contributed by atoms with E-state index < -0.39 is 11.6 Å². The zero-order chi connectivity index (χ0) is 24.4. The Balaban J connectivity index is 1.62. The normalized spacial score (nSPS) is 15.3. The number of benzene rings is 3. The highest BCUT2D eigenvalue weighted by atomic mass is 35.5. The largest absolute Gasteiger partial charge is 0.367 e. The van der Waals surface area contributed by atoms with Crippen LogP contribution >= 0.6 is 11.6 Å². The second-order valence-electron chi connectivity index (χ2n) is 9.00. The number of nitrogens with zero attached hydrogens (tertiary/aromatic N) is 3. The van der Waals surface area contributed by atoms with E-state index in [1.165, 1.54) is 12.5 Å². The average molecular weight is 492 g/mol. The van der Waals surface area contributed by atoms with Gasteiger partial charge in [0.05, 0.1) is 35.1 Å². The summed E-state index contributed by atoms with van der Waals surface area (Å²) in [4.78, 5) is 0. The molecule has 5 rings (SSSR count). The Morgan fingerprint density at radius 2 is 1.69 bits per heavy atom. The fraction of sp³-hybridized carbons (Fsp3) is 0.286. The lowest BCUT2D eigenvalue weighted by Gasteiger charge is -2.31. The second kappa shape index (κ2) is 10.2. The minimum atomic E-state index is -0.933. The molecule has 4 aromatic rings. The van der Waals surface area contributed by atoms with Crippen molar-refractivity contribution in [3.63, 3.8) is 0 Å². The smallest absolute Gasteiger partial charge is 0.161 e. The molecule has 0 amide bonds. The first-order chi connectivity index (χ1) is 17.0. The van der Waals surface area contributed by atoms with Gasteiger partial charge in [-0.2, -0.15) is 10.4 Å². The second-order valence-corrected chi connectivity index (χ2v) is 9.43. The molecule has 1 aliphatic rings. The van der Waals surface area contributed by atoms with Crippen LogP contribution in [0.2, 0.25) is 5.02 Å². The Hall–Kier alpha value is -3.27. The molecule has 0 saturated heterocycles. The van der Waals surface area contributed by atoms with Gasteiger partial charge in [-0.15, -0.1) is 0 Å². The topological polar surface area (TPSA) is 50.8 Å². The molecule has 1 fully saturated rings. The molecule has 0 aliphatic heterocycles. The molecule has 178 valence electrons. The van der Waals surface area contributed by atoms with Crippen LogP contribution in [0.5, 0.6) is 0 Å². The lowest BCUT2D eigenvalue weighted by molar-refractivity contribution is -0.0155. The van der Waals surface area contributed by atoms with E-state index in [0.29, 0.717) is 33.8 Å². The SMILES string of the molecule is N#Cc1ccc(COC(c2c3cc(F)c(F)cc3nn2-c2ccc(Cl)cc2)C2CCCCC2)cc1. The monoisotopic (exact) mass is 491 g/mol. The van der Waals surface area contributed by atoms with Crippen LogP contribution in [0.1, 0.15) is 55.0 Å². The number of hydrogen-bond acceptors (Lipinski definition) is 3. The lowest BCUT2D eigenvalue weighted by Crippen LogP contribution is -2.22. The number of hydrogen-bond donors (Lipinski definition) is 0. The van der Waals surface area contributed by atoms with Crippen LogP contribution in [0.4, 0.5) is 8.78 Å². The number of aromatic nitrogens is 2. The minimum Gasteiger partial charge on any atom is -0.367 e. The van der Waals surface area contributed by atoms with E-state index in [1.807, 2.05) is 24.3 Å². The molecule has 1 heterocycles. The first kappa shape index (κ1) is 23.5. The molecule has 1 unspecified atom stereocenters. The third kappa shape index (κ3) is 4.93. The maximum atomic E-state index is 14.4. The van der Waals surface area contributed by atoms with Gasteiger partial charge in [-0.3, -0.25) is 0 Å². The average Bonchev–Trinajstić information content (AvgIpc) is 3.23. The maximum absolute atomic E-state index is 14.4. The van der Waals surface area contributed by atoms with Crippen LogP contribution in [0, 0.1) is 28.9 Å². The van der Waals surface area contributed by atoms with E-state index in [-0.39, 0.29) is 12.0 Å². The third-order valence-corrected chi connectivity index (χ3v) is 6.93. The van der Waals surface area contributed by atoms with Crippen molar-refractivity contribution in [3.8, 4) is 11.8 Å². The van der Waals surface area contributed by atoms with Gasteiger partial charge < -0.3 is 4.74 Å². The molecular formula is C28H24ClF2N3O. The van der Waals surface area contributed by atoms with Crippen LogP contribution in [-0.4, -0.2) is 9.78 Å². The van der Waals surface area contributed by atoms with Gasteiger partial charge >= 0.3 is 0 Å². The molecule has 1 aromatic heterocycles. The van der Waals surface area contributed by atoms with E-state index in [1.54, 1.807) is 28.9 Å². The molecule has 4 nitrogen and oxygen atoms in total. The zero-order valence-corrected chi connectivity index (χ0v) is 19.8. The van der Waals surface area contributed by atoms with Crippen LogP contribution in [0.3, 0.4) is 0 Å². The molecule has 1 atom stereocenters. The summed E-state index contributed by atoms with van der Waals surface area (Å²) in [6, 6.07) is 19.0. The highest BCUT2D eigenvalue weighted by Gasteiger charge is 2.32. The Labute approximate surface area is 207 Å². The quantitative estimate of drug-likeness (QED) is 0.278. The minimum absolute atomic E-state index is 0.209. The zero-order valence-electron chi connectivity index (χ0n) is 19.1. The van der Waals surface area contributed by atoms with E-state index in [0.717, 1.165) is 43.0 Å².